The molecule has 0 saturated heterocycles. The molecule has 0 amide bonds. The van der Waals surface area contributed by atoms with Crippen molar-refractivity contribution < 1.29 is 40.2 Å². The number of fused-ring (bicyclic) bond motifs is 2. The molecule has 2 atom stereocenters. The summed E-state index contributed by atoms with van der Waals surface area (Å²) in [7, 11) is -0.152. The molecule has 1 aliphatic carbocycles. The summed E-state index contributed by atoms with van der Waals surface area (Å²) in [5, 5.41) is 0. The monoisotopic (exact) mass is 445 g/mol. The van der Waals surface area contributed by atoms with Crippen molar-refractivity contribution in [2.45, 2.75) is 30.6 Å². The standard InChI is InChI=1S/C19H22NO2.CHF3O3S/c1-20(2)19(13-6-8-14(21-3)9-7-13)18-16-11-10-15(22-16)17(18)12-4-5-12;2-1(3,4)8(5,6)7/h6-12,15-16H,4-5H2,1-3H3;(H,5,6,7)/q+1;/p-1/t15-,16+;/m1./s1. The van der Waals surface area contributed by atoms with Crippen LogP contribution < -0.4 is 4.74 Å². The minimum Gasteiger partial charge on any atom is -0.741 e. The highest BCUT2D eigenvalue weighted by Gasteiger charge is 2.46. The first-order valence-corrected chi connectivity index (χ1v) is 10.6. The molecule has 4 rings (SSSR count). The molecule has 1 saturated carbocycles. The van der Waals surface area contributed by atoms with Crippen LogP contribution in [0, 0.1) is 5.92 Å². The van der Waals surface area contributed by atoms with Crippen LogP contribution in [0.1, 0.15) is 18.4 Å². The number of methoxy groups -OCH3 is 1. The zero-order chi connectivity index (χ0) is 22.3. The molecule has 0 radical (unpaired) electrons. The van der Waals surface area contributed by atoms with Gasteiger partial charge in [0, 0.05) is 5.56 Å². The van der Waals surface area contributed by atoms with Crippen LogP contribution in [0.4, 0.5) is 13.2 Å². The molecule has 1 aromatic carbocycles. The minimum atomic E-state index is -6.09. The van der Waals surface area contributed by atoms with E-state index in [1.165, 1.54) is 35.3 Å². The number of benzene rings is 1. The third kappa shape index (κ3) is 4.60. The Balaban J connectivity index is 0.000000275. The molecule has 0 unspecified atom stereocenters. The normalized spacial score (nSPS) is 22.6. The van der Waals surface area contributed by atoms with Gasteiger partial charge < -0.3 is 14.0 Å². The molecule has 0 N–H and O–H groups in total. The van der Waals surface area contributed by atoms with Crippen molar-refractivity contribution in [1.29, 1.82) is 0 Å². The van der Waals surface area contributed by atoms with Crippen molar-refractivity contribution in [2.75, 3.05) is 21.2 Å². The predicted octanol–water partition coefficient (Wildman–Crippen LogP) is 2.85. The lowest BCUT2D eigenvalue weighted by atomic mass is 9.87. The molecule has 0 spiro atoms. The van der Waals surface area contributed by atoms with E-state index in [2.05, 4.69) is 43.0 Å². The van der Waals surface area contributed by atoms with Crippen molar-refractivity contribution in [3.8, 4) is 5.75 Å². The molecule has 1 fully saturated rings. The van der Waals surface area contributed by atoms with Gasteiger partial charge in [0.15, 0.2) is 10.1 Å². The summed E-state index contributed by atoms with van der Waals surface area (Å²) in [5.41, 5.74) is -0.227. The first-order chi connectivity index (χ1) is 13.9. The maximum Gasteiger partial charge on any atom is 0.485 e. The van der Waals surface area contributed by atoms with Gasteiger partial charge in [-0.2, -0.15) is 13.2 Å². The Kier molecular flexibility index (Phi) is 6.13. The van der Waals surface area contributed by atoms with E-state index in [9.17, 15) is 13.2 Å². The van der Waals surface area contributed by atoms with Crippen molar-refractivity contribution in [2.24, 2.45) is 5.92 Å². The minimum absolute atomic E-state index is 0.125. The number of rotatable bonds is 4. The second kappa shape index (κ2) is 8.16. The molecule has 164 valence electrons. The van der Waals surface area contributed by atoms with E-state index in [0.717, 1.165) is 11.7 Å². The van der Waals surface area contributed by atoms with E-state index < -0.39 is 15.6 Å². The van der Waals surface area contributed by atoms with Gasteiger partial charge >= 0.3 is 5.51 Å². The average Bonchev–Trinajstić information content (AvgIpc) is 3.29. The number of hydrogen-bond donors (Lipinski definition) is 0. The van der Waals surface area contributed by atoms with Crippen LogP contribution in [0.3, 0.4) is 0 Å². The first-order valence-electron chi connectivity index (χ1n) is 9.23. The van der Waals surface area contributed by atoms with Crippen LogP contribution in [-0.2, 0) is 14.9 Å². The topological polar surface area (TPSA) is 78.7 Å². The fourth-order valence-electron chi connectivity index (χ4n) is 3.63. The Morgan fingerprint density at radius 3 is 2.10 bits per heavy atom. The van der Waals surface area contributed by atoms with Crippen molar-refractivity contribution in [3.63, 3.8) is 0 Å². The van der Waals surface area contributed by atoms with Gasteiger partial charge in [-0.15, -0.1) is 0 Å². The molecule has 3 aliphatic rings. The fourth-order valence-corrected chi connectivity index (χ4v) is 3.63. The van der Waals surface area contributed by atoms with Crippen LogP contribution in [-0.4, -0.2) is 62.2 Å². The summed E-state index contributed by atoms with van der Waals surface area (Å²) in [6, 6.07) is 8.34. The zero-order valence-electron chi connectivity index (χ0n) is 16.6. The highest BCUT2D eigenvalue weighted by atomic mass is 32.2. The molecule has 6 nitrogen and oxygen atoms in total. The number of hydrogen-bond acceptors (Lipinski definition) is 5. The van der Waals surface area contributed by atoms with Crippen LogP contribution in [0.2, 0.25) is 0 Å². The lowest BCUT2D eigenvalue weighted by molar-refractivity contribution is -0.463. The van der Waals surface area contributed by atoms with Crippen LogP contribution in [0.5, 0.6) is 5.75 Å². The lowest BCUT2D eigenvalue weighted by Gasteiger charge is -2.14. The van der Waals surface area contributed by atoms with Crippen molar-refractivity contribution in [3.05, 3.63) is 53.1 Å². The predicted molar refractivity (Wildman–Crippen MR) is 103 cm³/mol. The van der Waals surface area contributed by atoms with Gasteiger partial charge in [0.1, 0.15) is 25.9 Å². The second-order valence-electron chi connectivity index (χ2n) is 7.38. The van der Waals surface area contributed by atoms with E-state index in [-0.39, 0.29) is 12.2 Å². The Hall–Kier alpha value is -2.17. The van der Waals surface area contributed by atoms with E-state index in [0.29, 0.717) is 0 Å². The van der Waals surface area contributed by atoms with Gasteiger partial charge in [-0.1, -0.05) is 12.2 Å². The van der Waals surface area contributed by atoms with Gasteiger partial charge in [-0.3, -0.25) is 0 Å². The Bertz CT molecular complexity index is 1000. The smallest absolute Gasteiger partial charge is 0.485 e. The molecular formula is C20H22F3NO5S. The van der Waals surface area contributed by atoms with Crippen LogP contribution in [0.25, 0.3) is 0 Å². The van der Waals surface area contributed by atoms with Crippen molar-refractivity contribution >= 4 is 15.8 Å². The van der Waals surface area contributed by atoms with E-state index in [1.54, 1.807) is 7.11 Å². The number of nitrogens with zero attached hydrogens (tertiary/aromatic N) is 1. The quantitative estimate of drug-likeness (QED) is 0.234. The first kappa shape index (κ1) is 22.5. The maximum atomic E-state index is 10.7. The Labute approximate surface area is 173 Å². The highest BCUT2D eigenvalue weighted by molar-refractivity contribution is 7.86. The van der Waals surface area contributed by atoms with E-state index >= 15 is 0 Å². The van der Waals surface area contributed by atoms with Gasteiger partial charge in [0.05, 0.1) is 18.8 Å². The zero-order valence-corrected chi connectivity index (χ0v) is 17.5. The summed E-state index contributed by atoms with van der Waals surface area (Å²) >= 11 is 0. The summed E-state index contributed by atoms with van der Waals surface area (Å²) in [4.78, 5) is 0. The van der Waals surface area contributed by atoms with Crippen LogP contribution >= 0.6 is 0 Å². The Morgan fingerprint density at radius 2 is 1.67 bits per heavy atom. The van der Waals surface area contributed by atoms with Crippen molar-refractivity contribution in [1.82, 2.24) is 0 Å². The molecule has 0 aromatic heterocycles. The molecule has 2 bridgehead atoms. The third-order valence-electron chi connectivity index (χ3n) is 5.02. The SMILES string of the molecule is COc1ccc(C(C2=C(C3CC3)[C@H]3C=C[C@@H]2O3)=[N+](C)C)cc1.O=S(=O)([O-])C(F)(F)F. The van der Waals surface area contributed by atoms with Gasteiger partial charge in [0.2, 0.25) is 5.71 Å². The summed E-state index contributed by atoms with van der Waals surface area (Å²) in [6.07, 6.45) is 7.38. The van der Waals surface area contributed by atoms with E-state index in [4.69, 9.17) is 22.4 Å². The van der Waals surface area contributed by atoms with Gasteiger partial charge in [-0.25, -0.2) is 13.0 Å². The molecule has 10 heteroatoms. The lowest BCUT2D eigenvalue weighted by Crippen LogP contribution is -2.24. The largest absolute Gasteiger partial charge is 0.741 e. The Morgan fingerprint density at radius 1 is 1.13 bits per heavy atom. The van der Waals surface area contributed by atoms with Gasteiger partial charge in [0.25, 0.3) is 0 Å². The molecule has 2 aliphatic heterocycles. The number of ether oxygens (including phenoxy) is 2. The summed E-state index contributed by atoms with van der Waals surface area (Å²) in [6.45, 7) is 0. The molecular weight excluding hydrogens is 423 g/mol. The molecule has 2 heterocycles. The average molecular weight is 445 g/mol. The highest BCUT2D eigenvalue weighted by Crippen LogP contribution is 2.48. The van der Waals surface area contributed by atoms with E-state index in [1.807, 2.05) is 12.1 Å². The summed E-state index contributed by atoms with van der Waals surface area (Å²) in [5.74, 6) is 1.62. The summed E-state index contributed by atoms with van der Waals surface area (Å²) < 4.78 is 72.5. The fraction of sp³-hybridized carbons (Fsp3) is 0.450. The number of halogens is 3. The maximum absolute atomic E-state index is 10.7. The molecule has 1 aromatic rings. The second-order valence-corrected chi connectivity index (χ2v) is 8.75. The third-order valence-corrected chi connectivity index (χ3v) is 5.59. The van der Waals surface area contributed by atoms with Crippen LogP contribution in [0.15, 0.2) is 47.6 Å². The van der Waals surface area contributed by atoms with Gasteiger partial charge in [-0.05, 0) is 48.6 Å². The molecule has 30 heavy (non-hydrogen) atoms. The number of alkyl halides is 3.